The Balaban J connectivity index is 1.80. The van der Waals surface area contributed by atoms with Gasteiger partial charge < -0.3 is 19.3 Å². The Kier molecular flexibility index (Phi) is 16.3. The van der Waals surface area contributed by atoms with Crippen LogP contribution in [0.2, 0.25) is 0 Å². The summed E-state index contributed by atoms with van der Waals surface area (Å²) in [7, 11) is 0. The minimum Gasteiger partial charge on any atom is -0.493 e. The van der Waals surface area contributed by atoms with Crippen molar-refractivity contribution in [1.82, 2.24) is 0 Å². The molecule has 1 N–H and O–H groups in total. The average molecular weight is 727 g/mol. The fourth-order valence-electron chi connectivity index (χ4n) is 4.95. The molecule has 0 aliphatic rings. The highest BCUT2D eigenvalue weighted by atomic mass is 79.9. The molecule has 264 valence electrons. The third kappa shape index (κ3) is 13.0. The molecule has 7 nitrogen and oxygen atoms in total. The van der Waals surface area contributed by atoms with Crippen LogP contribution < -0.4 is 4.74 Å². The first-order chi connectivity index (χ1) is 22.5. The van der Waals surface area contributed by atoms with E-state index in [0.29, 0.717) is 18.9 Å². The fourth-order valence-corrected chi connectivity index (χ4v) is 5.77. The zero-order valence-electron chi connectivity index (χ0n) is 30.2. The van der Waals surface area contributed by atoms with Crippen molar-refractivity contribution < 1.29 is 28.9 Å². The highest BCUT2D eigenvalue weighted by Gasteiger charge is 2.43. The summed E-state index contributed by atoms with van der Waals surface area (Å²) in [4.78, 5) is 30.6. The Bertz CT molecular complexity index is 1360. The third-order valence-electron chi connectivity index (χ3n) is 8.91. The first-order valence-electron chi connectivity index (χ1n) is 16.8. The van der Waals surface area contributed by atoms with Crippen molar-refractivity contribution in [2.24, 2.45) is 34.1 Å². The molecule has 0 bridgehead atoms. The lowest BCUT2D eigenvalue weighted by atomic mass is 9.83. The van der Waals surface area contributed by atoms with Crippen LogP contribution in [0.5, 0.6) is 5.75 Å². The molecule has 2 aromatic rings. The molecule has 0 heterocycles. The quantitative estimate of drug-likeness (QED) is 0.0674. The molecule has 8 heteroatoms. The van der Waals surface area contributed by atoms with E-state index in [4.69, 9.17) is 14.2 Å². The number of halogens is 1. The normalized spacial score (nSPS) is 17.4. The molecular weight excluding hydrogens is 670 g/mol. The lowest BCUT2D eigenvalue weighted by Gasteiger charge is -2.31. The summed E-state index contributed by atoms with van der Waals surface area (Å²) in [6.07, 6.45) is 9.70. The van der Waals surface area contributed by atoms with Crippen LogP contribution in [0, 0.1) is 29.1 Å². The minimum absolute atomic E-state index is 0.0418. The Labute approximate surface area is 297 Å². The molecular formula is C40H56BrNO6. The molecule has 0 aromatic heterocycles. The summed E-state index contributed by atoms with van der Waals surface area (Å²) in [5.41, 5.74) is -0.434. The second kappa shape index (κ2) is 19.1. The van der Waals surface area contributed by atoms with E-state index in [0.717, 1.165) is 11.1 Å². The van der Waals surface area contributed by atoms with Gasteiger partial charge in [0, 0.05) is 12.8 Å². The zero-order valence-corrected chi connectivity index (χ0v) is 31.8. The monoisotopic (exact) mass is 725 g/mol. The molecule has 0 aliphatic heterocycles. The summed E-state index contributed by atoms with van der Waals surface area (Å²) < 4.78 is 16.4. The van der Waals surface area contributed by atoms with Crippen LogP contribution >= 0.6 is 15.9 Å². The van der Waals surface area contributed by atoms with Gasteiger partial charge in [-0.3, -0.25) is 14.6 Å². The topological polar surface area (TPSA) is 94.4 Å². The van der Waals surface area contributed by atoms with Gasteiger partial charge in [-0.05, 0) is 94.0 Å². The number of rotatable bonds is 19. The first-order valence-corrected chi connectivity index (χ1v) is 17.6. The van der Waals surface area contributed by atoms with Gasteiger partial charge in [0.1, 0.15) is 15.7 Å². The van der Waals surface area contributed by atoms with E-state index in [1.165, 1.54) is 0 Å². The van der Waals surface area contributed by atoms with E-state index in [-0.39, 0.29) is 49.3 Å². The van der Waals surface area contributed by atoms with Crippen LogP contribution in [0.4, 0.5) is 0 Å². The van der Waals surface area contributed by atoms with Crippen molar-refractivity contribution in [2.45, 2.75) is 78.7 Å². The van der Waals surface area contributed by atoms with Crippen molar-refractivity contribution in [3.63, 3.8) is 0 Å². The van der Waals surface area contributed by atoms with Gasteiger partial charge in [-0.1, -0.05) is 104 Å². The second-order valence-corrected chi connectivity index (χ2v) is 15.8. The average Bonchev–Trinajstić information content (AvgIpc) is 3.06. The SMILES string of the molecule is C\C=C/C=C\C=N\CC(C)C(C)COC(=O)C(C)(Br)CC(C)(C)C(=O)OCC(C)C(C)COc1ccc(C(C)(O)c2ccccc2)cc1. The standard InChI is InChI=1S/C40H56BrNO6/c1-10-11-12-16-23-42-24-29(2)30(3)26-48-37(44)39(8,41)28-38(6,7)36(43)47-27-32(5)31(4)25-46-35-21-19-34(20-22-35)40(9,45)33-17-14-13-15-18-33/h10-23,29-32,45H,24-28H2,1-9H3/b11-10-,16-12-,42-23+. The van der Waals surface area contributed by atoms with Gasteiger partial charge in [0.15, 0.2) is 0 Å². The third-order valence-corrected chi connectivity index (χ3v) is 9.52. The van der Waals surface area contributed by atoms with Crippen LogP contribution in [0.3, 0.4) is 0 Å². The maximum Gasteiger partial charge on any atom is 0.322 e. The van der Waals surface area contributed by atoms with Gasteiger partial charge in [0.2, 0.25) is 0 Å². The molecule has 0 amide bonds. The number of allylic oxidation sites excluding steroid dienone is 4. The number of ether oxygens (including phenoxy) is 3. The Morgan fingerprint density at radius 1 is 0.771 bits per heavy atom. The van der Waals surface area contributed by atoms with Gasteiger partial charge >= 0.3 is 11.9 Å². The van der Waals surface area contributed by atoms with Crippen LogP contribution in [0.25, 0.3) is 0 Å². The first kappa shape index (κ1) is 40.9. The van der Waals surface area contributed by atoms with Crippen molar-refractivity contribution in [3.05, 3.63) is 90.0 Å². The molecule has 48 heavy (non-hydrogen) atoms. The summed E-state index contributed by atoms with van der Waals surface area (Å²) >= 11 is 3.53. The summed E-state index contributed by atoms with van der Waals surface area (Å²) in [6.45, 7) is 18.8. The number of benzene rings is 2. The lowest BCUT2D eigenvalue weighted by Crippen LogP contribution is -2.40. The highest BCUT2D eigenvalue weighted by Crippen LogP contribution is 2.36. The Hall–Kier alpha value is -3.23. The molecule has 0 saturated heterocycles. The Morgan fingerprint density at radius 3 is 1.92 bits per heavy atom. The van der Waals surface area contributed by atoms with Gasteiger partial charge in [0.25, 0.3) is 0 Å². The summed E-state index contributed by atoms with van der Waals surface area (Å²) in [6, 6.07) is 17.0. The number of alkyl halides is 1. The van der Waals surface area contributed by atoms with Crippen molar-refractivity contribution >= 4 is 34.1 Å². The van der Waals surface area contributed by atoms with Crippen molar-refractivity contribution in [3.8, 4) is 5.75 Å². The number of esters is 2. The number of aliphatic hydroxyl groups is 1. The molecule has 6 atom stereocenters. The van der Waals surface area contributed by atoms with Gasteiger partial charge in [0.05, 0.1) is 25.2 Å². The maximum absolute atomic E-state index is 13.2. The van der Waals surface area contributed by atoms with Crippen LogP contribution in [-0.4, -0.2) is 53.9 Å². The van der Waals surface area contributed by atoms with E-state index in [2.05, 4.69) is 34.8 Å². The van der Waals surface area contributed by atoms with Crippen molar-refractivity contribution in [1.29, 1.82) is 0 Å². The van der Waals surface area contributed by atoms with E-state index >= 15 is 0 Å². The van der Waals surface area contributed by atoms with Gasteiger partial charge in [-0.2, -0.15) is 0 Å². The largest absolute Gasteiger partial charge is 0.493 e. The van der Waals surface area contributed by atoms with Crippen molar-refractivity contribution in [2.75, 3.05) is 26.4 Å². The fraction of sp³-hybridized carbons (Fsp3) is 0.525. The number of hydrogen-bond acceptors (Lipinski definition) is 7. The molecule has 6 unspecified atom stereocenters. The second-order valence-electron chi connectivity index (χ2n) is 14.1. The number of carbonyl (C=O) groups excluding carboxylic acids is 2. The molecule has 0 aliphatic carbocycles. The van der Waals surface area contributed by atoms with E-state index in [1.54, 1.807) is 33.9 Å². The van der Waals surface area contributed by atoms with Gasteiger partial charge in [-0.25, -0.2) is 0 Å². The number of aliphatic imine (C=N–C) groups is 1. The van der Waals surface area contributed by atoms with Crippen LogP contribution in [-0.2, 0) is 24.7 Å². The van der Waals surface area contributed by atoms with Crippen LogP contribution in [0.15, 0.2) is 83.9 Å². The summed E-state index contributed by atoms with van der Waals surface area (Å²) in [5, 5.41) is 11.1. The minimum atomic E-state index is -1.11. The van der Waals surface area contributed by atoms with Crippen LogP contribution in [0.1, 0.15) is 79.9 Å². The predicted octanol–water partition coefficient (Wildman–Crippen LogP) is 8.73. The zero-order chi connectivity index (χ0) is 36.0. The highest BCUT2D eigenvalue weighted by molar-refractivity contribution is 9.10. The molecule has 2 aromatic carbocycles. The van der Waals surface area contributed by atoms with Gasteiger partial charge in [-0.15, -0.1) is 0 Å². The molecule has 0 saturated carbocycles. The number of hydrogen-bond donors (Lipinski definition) is 1. The van der Waals surface area contributed by atoms with E-state index in [1.807, 2.05) is 99.7 Å². The number of nitrogens with zero attached hydrogens (tertiary/aromatic N) is 1. The molecule has 2 rings (SSSR count). The van der Waals surface area contributed by atoms with E-state index < -0.39 is 21.3 Å². The molecule has 0 radical (unpaired) electrons. The molecule has 0 fully saturated rings. The summed E-state index contributed by atoms with van der Waals surface area (Å²) in [5.74, 6) is 0.425. The van der Waals surface area contributed by atoms with E-state index in [9.17, 15) is 14.7 Å². The lowest BCUT2D eigenvalue weighted by molar-refractivity contribution is -0.158. The maximum atomic E-state index is 13.2. The number of carbonyl (C=O) groups is 2. The molecule has 0 spiro atoms. The Morgan fingerprint density at radius 2 is 1.31 bits per heavy atom. The smallest absolute Gasteiger partial charge is 0.322 e. The predicted molar refractivity (Wildman–Crippen MR) is 199 cm³/mol.